The Morgan fingerprint density at radius 3 is 2.25 bits per heavy atom. The zero-order valence-electron chi connectivity index (χ0n) is 12.5. The molecule has 0 saturated carbocycles. The number of nitrogens with two attached hydrogens (primary N) is 1. The second-order valence-electron chi connectivity index (χ2n) is 5.60. The van der Waals surface area contributed by atoms with Crippen LogP contribution in [-0.2, 0) is 11.8 Å². The topological polar surface area (TPSA) is 35.2 Å². The highest BCUT2D eigenvalue weighted by molar-refractivity contribution is 5.36. The maximum Gasteiger partial charge on any atom is 0.118 e. The number of rotatable bonds is 5. The molecule has 0 spiro atoms. The quantitative estimate of drug-likeness (QED) is 0.902. The van der Waals surface area contributed by atoms with Crippen molar-refractivity contribution in [1.82, 2.24) is 0 Å². The van der Waals surface area contributed by atoms with Crippen molar-refractivity contribution >= 4 is 0 Å². The van der Waals surface area contributed by atoms with Gasteiger partial charge in [0.05, 0.1) is 7.11 Å². The largest absolute Gasteiger partial charge is 0.497 e. The zero-order chi connectivity index (χ0) is 14.6. The van der Waals surface area contributed by atoms with Crippen LogP contribution in [0.1, 0.15) is 23.6 Å². The van der Waals surface area contributed by atoms with E-state index in [0.717, 1.165) is 12.2 Å². The van der Waals surface area contributed by atoms with Gasteiger partial charge in [0.25, 0.3) is 0 Å². The third-order valence-corrected chi connectivity index (χ3v) is 4.08. The van der Waals surface area contributed by atoms with Gasteiger partial charge in [0.1, 0.15) is 5.75 Å². The molecule has 2 aromatic rings. The van der Waals surface area contributed by atoms with Gasteiger partial charge in [0.2, 0.25) is 0 Å². The second-order valence-corrected chi connectivity index (χ2v) is 5.60. The van der Waals surface area contributed by atoms with Crippen LogP contribution in [0.3, 0.4) is 0 Å². The van der Waals surface area contributed by atoms with Crippen LogP contribution < -0.4 is 10.5 Å². The molecule has 0 heterocycles. The van der Waals surface area contributed by atoms with E-state index in [9.17, 15) is 0 Å². The van der Waals surface area contributed by atoms with Crippen molar-refractivity contribution in [3.8, 4) is 5.75 Å². The van der Waals surface area contributed by atoms with Gasteiger partial charge in [0, 0.05) is 12.0 Å². The minimum atomic E-state index is -0.0572. The standard InChI is InChI=1S/C18H23NO/c1-14-6-4-5-7-15(14)12-18(2,13-19)16-8-10-17(20-3)11-9-16/h4-11H,12-13,19H2,1-3H3. The summed E-state index contributed by atoms with van der Waals surface area (Å²) in [5.41, 5.74) is 9.95. The normalized spacial score (nSPS) is 13.8. The average molecular weight is 269 g/mol. The summed E-state index contributed by atoms with van der Waals surface area (Å²) in [5.74, 6) is 0.879. The van der Waals surface area contributed by atoms with Gasteiger partial charge in [0.15, 0.2) is 0 Å². The van der Waals surface area contributed by atoms with E-state index < -0.39 is 0 Å². The van der Waals surface area contributed by atoms with E-state index in [4.69, 9.17) is 10.5 Å². The molecule has 0 fully saturated rings. The van der Waals surface area contributed by atoms with Crippen LogP contribution in [0, 0.1) is 6.92 Å². The van der Waals surface area contributed by atoms with E-state index in [-0.39, 0.29) is 5.41 Å². The summed E-state index contributed by atoms with van der Waals surface area (Å²) in [6.07, 6.45) is 0.947. The molecule has 0 aromatic heterocycles. The number of benzene rings is 2. The average Bonchev–Trinajstić information content (AvgIpc) is 2.49. The van der Waals surface area contributed by atoms with E-state index in [1.165, 1.54) is 16.7 Å². The number of hydrogen-bond acceptors (Lipinski definition) is 2. The first kappa shape index (κ1) is 14.6. The smallest absolute Gasteiger partial charge is 0.118 e. The lowest BCUT2D eigenvalue weighted by molar-refractivity contribution is 0.413. The molecule has 0 aliphatic rings. The molecule has 20 heavy (non-hydrogen) atoms. The second kappa shape index (κ2) is 6.10. The molecule has 0 aliphatic heterocycles. The van der Waals surface area contributed by atoms with Gasteiger partial charge < -0.3 is 10.5 Å². The van der Waals surface area contributed by atoms with Crippen molar-refractivity contribution in [3.05, 3.63) is 65.2 Å². The van der Waals surface area contributed by atoms with Crippen LogP contribution in [0.4, 0.5) is 0 Å². The lowest BCUT2D eigenvalue weighted by Crippen LogP contribution is -2.34. The summed E-state index contributed by atoms with van der Waals surface area (Å²) in [7, 11) is 1.68. The SMILES string of the molecule is COc1ccc(C(C)(CN)Cc2ccccc2C)cc1. The van der Waals surface area contributed by atoms with Crippen molar-refractivity contribution in [3.63, 3.8) is 0 Å². The predicted octanol–water partition coefficient (Wildman–Crippen LogP) is 3.46. The summed E-state index contributed by atoms with van der Waals surface area (Å²) in [5, 5.41) is 0. The highest BCUT2D eigenvalue weighted by Crippen LogP contribution is 2.29. The first-order chi connectivity index (χ1) is 9.59. The summed E-state index contributed by atoms with van der Waals surface area (Å²) in [6, 6.07) is 16.7. The first-order valence-electron chi connectivity index (χ1n) is 6.98. The molecule has 2 N–H and O–H groups in total. The monoisotopic (exact) mass is 269 g/mol. The summed E-state index contributed by atoms with van der Waals surface area (Å²) in [4.78, 5) is 0. The fourth-order valence-corrected chi connectivity index (χ4v) is 2.51. The Morgan fingerprint density at radius 2 is 1.70 bits per heavy atom. The highest BCUT2D eigenvalue weighted by Gasteiger charge is 2.26. The molecule has 0 amide bonds. The van der Waals surface area contributed by atoms with Gasteiger partial charge in [-0.2, -0.15) is 0 Å². The van der Waals surface area contributed by atoms with E-state index in [1.807, 2.05) is 12.1 Å². The molecule has 1 atom stereocenters. The number of aryl methyl sites for hydroxylation is 1. The third kappa shape index (κ3) is 3.02. The van der Waals surface area contributed by atoms with E-state index in [2.05, 4.69) is 50.2 Å². The van der Waals surface area contributed by atoms with Crippen molar-refractivity contribution in [2.75, 3.05) is 13.7 Å². The van der Waals surface area contributed by atoms with Gasteiger partial charge in [-0.05, 0) is 42.2 Å². The fourth-order valence-electron chi connectivity index (χ4n) is 2.51. The summed E-state index contributed by atoms with van der Waals surface area (Å²) in [6.45, 7) is 5.00. The third-order valence-electron chi connectivity index (χ3n) is 4.08. The molecule has 2 aromatic carbocycles. The Kier molecular flexibility index (Phi) is 4.46. The van der Waals surface area contributed by atoms with Gasteiger partial charge in [-0.15, -0.1) is 0 Å². The Labute approximate surface area is 121 Å². The Bertz CT molecular complexity index is 562. The summed E-state index contributed by atoms with van der Waals surface area (Å²) < 4.78 is 5.22. The minimum Gasteiger partial charge on any atom is -0.497 e. The molecule has 1 unspecified atom stereocenters. The van der Waals surface area contributed by atoms with E-state index in [0.29, 0.717) is 6.54 Å². The van der Waals surface area contributed by atoms with Crippen molar-refractivity contribution < 1.29 is 4.74 Å². The Balaban J connectivity index is 2.30. The highest BCUT2D eigenvalue weighted by atomic mass is 16.5. The number of ether oxygens (including phenoxy) is 1. The molecule has 0 radical (unpaired) electrons. The van der Waals surface area contributed by atoms with Crippen LogP contribution in [0.15, 0.2) is 48.5 Å². The van der Waals surface area contributed by atoms with E-state index >= 15 is 0 Å². The van der Waals surface area contributed by atoms with Crippen LogP contribution >= 0.6 is 0 Å². The lowest BCUT2D eigenvalue weighted by atomic mass is 9.76. The van der Waals surface area contributed by atoms with E-state index in [1.54, 1.807) is 7.11 Å². The van der Waals surface area contributed by atoms with Crippen LogP contribution in [0.2, 0.25) is 0 Å². The zero-order valence-corrected chi connectivity index (χ0v) is 12.5. The molecule has 2 heteroatoms. The van der Waals surface area contributed by atoms with Gasteiger partial charge >= 0.3 is 0 Å². The number of hydrogen-bond donors (Lipinski definition) is 1. The molecule has 0 aliphatic carbocycles. The Hall–Kier alpha value is -1.80. The van der Waals surface area contributed by atoms with Crippen molar-refractivity contribution in [1.29, 1.82) is 0 Å². The van der Waals surface area contributed by atoms with Crippen LogP contribution in [0.5, 0.6) is 5.75 Å². The van der Waals surface area contributed by atoms with Crippen molar-refractivity contribution in [2.24, 2.45) is 5.73 Å². The van der Waals surface area contributed by atoms with Crippen LogP contribution in [0.25, 0.3) is 0 Å². The maximum atomic E-state index is 6.08. The van der Waals surface area contributed by atoms with Crippen LogP contribution in [-0.4, -0.2) is 13.7 Å². The molecule has 0 saturated heterocycles. The van der Waals surface area contributed by atoms with Crippen molar-refractivity contribution in [2.45, 2.75) is 25.7 Å². The maximum absolute atomic E-state index is 6.08. The molecule has 0 bridgehead atoms. The lowest BCUT2D eigenvalue weighted by Gasteiger charge is -2.29. The minimum absolute atomic E-state index is 0.0572. The molecule has 2 nitrogen and oxygen atoms in total. The molecule has 106 valence electrons. The fraction of sp³-hybridized carbons (Fsp3) is 0.333. The first-order valence-corrected chi connectivity index (χ1v) is 6.98. The predicted molar refractivity (Wildman–Crippen MR) is 84.3 cm³/mol. The Morgan fingerprint density at radius 1 is 1.05 bits per heavy atom. The van der Waals surface area contributed by atoms with Gasteiger partial charge in [-0.25, -0.2) is 0 Å². The number of methoxy groups -OCH3 is 1. The molecular formula is C18H23NO. The van der Waals surface area contributed by atoms with Gasteiger partial charge in [-0.3, -0.25) is 0 Å². The molecule has 2 rings (SSSR count). The summed E-state index contributed by atoms with van der Waals surface area (Å²) >= 11 is 0. The van der Waals surface area contributed by atoms with Gasteiger partial charge in [-0.1, -0.05) is 43.3 Å². The molecular weight excluding hydrogens is 246 g/mol.